The molecule has 0 aliphatic heterocycles. The third kappa shape index (κ3) is 2.95. The lowest BCUT2D eigenvalue weighted by molar-refractivity contribution is -0.141. The lowest BCUT2D eigenvalue weighted by Gasteiger charge is -2.56. The normalized spacial score (nSPS) is 30.6. The molecular weight excluding hydrogens is 368 g/mol. The van der Waals surface area contributed by atoms with Crippen molar-refractivity contribution in [1.82, 2.24) is 9.55 Å². The molecule has 1 aromatic heterocycles. The van der Waals surface area contributed by atoms with Gasteiger partial charge < -0.3 is 0 Å². The van der Waals surface area contributed by atoms with E-state index in [2.05, 4.69) is 6.58 Å². The smallest absolute Gasteiger partial charge is 0.262 e. The summed E-state index contributed by atoms with van der Waals surface area (Å²) in [5.41, 5.74) is 0.537. The van der Waals surface area contributed by atoms with E-state index in [0.29, 0.717) is 34.1 Å². The molecule has 4 saturated carbocycles. The molecule has 0 unspecified atom stereocenters. The first-order chi connectivity index (χ1) is 13.6. The topological polar surface area (TPSA) is 52.0 Å². The van der Waals surface area contributed by atoms with Gasteiger partial charge in [-0.15, -0.1) is 6.58 Å². The van der Waals surface area contributed by atoms with Crippen molar-refractivity contribution in [3.8, 4) is 0 Å². The number of nitrogens with zero attached hydrogens (tertiary/aromatic N) is 2. The minimum Gasteiger partial charge on any atom is -0.298 e. The number of hydrogen-bond acceptors (Lipinski definition) is 4. The van der Waals surface area contributed by atoms with E-state index in [-0.39, 0.29) is 11.0 Å². The van der Waals surface area contributed by atoms with Crippen LogP contribution >= 0.6 is 11.8 Å². The second-order valence-corrected chi connectivity index (χ2v) is 9.97. The SMILES string of the molecule is C=CCn1c(SCC(=O)C23CC4CC(CC(C4)C2)C3)nc2ccccc2c1=O. The van der Waals surface area contributed by atoms with Gasteiger partial charge in [0, 0.05) is 12.0 Å². The number of rotatable bonds is 6. The average Bonchev–Trinajstić information content (AvgIpc) is 2.67. The van der Waals surface area contributed by atoms with E-state index in [1.165, 1.54) is 31.0 Å². The number of carbonyl (C=O) groups excluding carboxylic acids is 1. The highest BCUT2D eigenvalue weighted by molar-refractivity contribution is 7.99. The number of Topliss-reactive ketones (excluding diaryl/α,β-unsaturated/α-hetero) is 1. The number of fused-ring (bicyclic) bond motifs is 1. The Morgan fingerprint density at radius 1 is 1.18 bits per heavy atom. The van der Waals surface area contributed by atoms with Crippen LogP contribution in [0.25, 0.3) is 10.9 Å². The third-order valence-corrected chi connectivity index (χ3v) is 8.08. The highest BCUT2D eigenvalue weighted by atomic mass is 32.2. The van der Waals surface area contributed by atoms with Crippen molar-refractivity contribution >= 4 is 28.4 Å². The Balaban J connectivity index is 1.41. The highest BCUT2D eigenvalue weighted by Gasteiger charge is 2.54. The zero-order valence-electron chi connectivity index (χ0n) is 16.1. The molecule has 6 rings (SSSR count). The average molecular weight is 395 g/mol. The number of hydrogen-bond donors (Lipinski definition) is 0. The fourth-order valence-corrected chi connectivity index (χ4v) is 7.33. The third-order valence-electron chi connectivity index (χ3n) is 7.10. The lowest BCUT2D eigenvalue weighted by Crippen LogP contribution is -2.50. The molecule has 4 fully saturated rings. The van der Waals surface area contributed by atoms with Crippen molar-refractivity contribution < 1.29 is 4.79 Å². The first-order valence-corrected chi connectivity index (χ1v) is 11.3. The molecule has 0 N–H and O–H groups in total. The van der Waals surface area contributed by atoms with Gasteiger partial charge in [-0.05, 0) is 68.4 Å². The minimum atomic E-state index is -0.0951. The van der Waals surface area contributed by atoms with Crippen molar-refractivity contribution in [2.75, 3.05) is 5.75 Å². The monoisotopic (exact) mass is 394 g/mol. The van der Waals surface area contributed by atoms with Gasteiger partial charge in [0.25, 0.3) is 5.56 Å². The number of aromatic nitrogens is 2. The predicted octanol–water partition coefficient (Wildman–Crippen LogP) is 4.46. The van der Waals surface area contributed by atoms with Crippen LogP contribution in [0.4, 0.5) is 0 Å². The van der Waals surface area contributed by atoms with Gasteiger partial charge in [-0.1, -0.05) is 30.0 Å². The second-order valence-electron chi connectivity index (χ2n) is 9.03. The van der Waals surface area contributed by atoms with E-state index >= 15 is 0 Å². The molecule has 4 aliphatic rings. The molecule has 4 bridgehead atoms. The number of ketones is 1. The number of benzene rings is 1. The number of thioether (sulfide) groups is 1. The van der Waals surface area contributed by atoms with Crippen LogP contribution < -0.4 is 5.56 Å². The Morgan fingerprint density at radius 3 is 2.46 bits per heavy atom. The van der Waals surface area contributed by atoms with Crippen LogP contribution in [0.1, 0.15) is 38.5 Å². The molecule has 28 heavy (non-hydrogen) atoms. The van der Waals surface area contributed by atoms with Crippen molar-refractivity contribution in [3.63, 3.8) is 0 Å². The van der Waals surface area contributed by atoms with Crippen molar-refractivity contribution in [2.24, 2.45) is 23.2 Å². The summed E-state index contributed by atoms with van der Waals surface area (Å²) in [6.07, 6.45) is 8.98. The van der Waals surface area contributed by atoms with Crippen molar-refractivity contribution in [2.45, 2.75) is 50.2 Å². The summed E-state index contributed by atoms with van der Waals surface area (Å²) in [7, 11) is 0. The van der Waals surface area contributed by atoms with Gasteiger partial charge in [-0.2, -0.15) is 0 Å². The number of allylic oxidation sites excluding steroid dienone is 1. The fraction of sp³-hybridized carbons (Fsp3) is 0.522. The van der Waals surface area contributed by atoms with Gasteiger partial charge in [-0.3, -0.25) is 14.2 Å². The van der Waals surface area contributed by atoms with Crippen molar-refractivity contribution in [3.05, 3.63) is 47.3 Å². The molecule has 0 saturated heterocycles. The molecule has 4 aliphatic carbocycles. The standard InChI is InChI=1S/C23H26N2O2S/c1-2-7-25-21(27)18-5-3-4-6-19(18)24-22(25)28-14-20(26)23-11-15-8-16(12-23)10-17(9-15)13-23/h2-6,15-17H,1,7-14H2. The molecule has 2 aromatic rings. The predicted molar refractivity (Wildman–Crippen MR) is 113 cm³/mol. The quantitative estimate of drug-likeness (QED) is 0.412. The number of carbonyl (C=O) groups is 1. The molecule has 0 amide bonds. The van der Waals surface area contributed by atoms with Crippen LogP contribution in [0.3, 0.4) is 0 Å². The van der Waals surface area contributed by atoms with Gasteiger partial charge in [0.2, 0.25) is 0 Å². The molecule has 146 valence electrons. The van der Waals surface area contributed by atoms with Crippen LogP contribution in [-0.2, 0) is 11.3 Å². The first-order valence-electron chi connectivity index (χ1n) is 10.3. The van der Waals surface area contributed by atoms with Gasteiger partial charge in [0.1, 0.15) is 5.78 Å². The summed E-state index contributed by atoms with van der Waals surface area (Å²) in [6.45, 7) is 4.18. The molecule has 1 aromatic carbocycles. The molecule has 5 heteroatoms. The maximum absolute atomic E-state index is 13.3. The van der Waals surface area contributed by atoms with Crippen LogP contribution in [0, 0.1) is 23.2 Å². The Labute approximate surface area is 169 Å². The zero-order chi connectivity index (χ0) is 19.3. The van der Waals surface area contributed by atoms with Crippen LogP contribution in [0.15, 0.2) is 46.9 Å². The summed E-state index contributed by atoms with van der Waals surface area (Å²) in [5, 5.41) is 1.24. The molecule has 0 spiro atoms. The summed E-state index contributed by atoms with van der Waals surface area (Å²) in [6, 6.07) is 7.41. The first kappa shape index (κ1) is 18.2. The fourth-order valence-electron chi connectivity index (χ4n) is 6.28. The van der Waals surface area contributed by atoms with Crippen LogP contribution in [0.5, 0.6) is 0 Å². The van der Waals surface area contributed by atoms with Crippen LogP contribution in [-0.4, -0.2) is 21.1 Å². The molecule has 4 nitrogen and oxygen atoms in total. The Morgan fingerprint density at radius 2 is 1.82 bits per heavy atom. The highest BCUT2D eigenvalue weighted by Crippen LogP contribution is 2.60. The maximum Gasteiger partial charge on any atom is 0.262 e. The summed E-state index contributed by atoms with van der Waals surface area (Å²) < 4.78 is 1.65. The van der Waals surface area contributed by atoms with Gasteiger partial charge in [-0.25, -0.2) is 4.98 Å². The second kappa shape index (κ2) is 6.87. The van der Waals surface area contributed by atoms with E-state index in [4.69, 9.17) is 4.98 Å². The summed E-state index contributed by atoms with van der Waals surface area (Å²) >= 11 is 1.43. The molecular formula is C23H26N2O2S. The van der Waals surface area contributed by atoms with Gasteiger partial charge >= 0.3 is 0 Å². The van der Waals surface area contributed by atoms with Gasteiger partial charge in [0.05, 0.1) is 16.7 Å². The Hall–Kier alpha value is -1.88. The lowest BCUT2D eigenvalue weighted by atomic mass is 9.48. The Bertz CT molecular complexity index is 974. The van der Waals surface area contributed by atoms with E-state index in [9.17, 15) is 9.59 Å². The van der Waals surface area contributed by atoms with E-state index in [0.717, 1.165) is 37.0 Å². The molecule has 0 atom stereocenters. The largest absolute Gasteiger partial charge is 0.298 e. The maximum atomic E-state index is 13.3. The number of para-hydroxylation sites is 1. The molecule has 1 heterocycles. The van der Waals surface area contributed by atoms with E-state index in [1.807, 2.05) is 18.2 Å². The Kier molecular flexibility index (Phi) is 4.46. The van der Waals surface area contributed by atoms with Crippen molar-refractivity contribution in [1.29, 1.82) is 0 Å². The van der Waals surface area contributed by atoms with E-state index in [1.54, 1.807) is 16.7 Å². The van der Waals surface area contributed by atoms with Gasteiger partial charge in [0.15, 0.2) is 5.16 Å². The molecule has 0 radical (unpaired) electrons. The summed E-state index contributed by atoms with van der Waals surface area (Å²) in [5.74, 6) is 3.08. The van der Waals surface area contributed by atoms with Crippen LogP contribution in [0.2, 0.25) is 0 Å². The van der Waals surface area contributed by atoms with E-state index < -0.39 is 0 Å². The summed E-state index contributed by atoms with van der Waals surface area (Å²) in [4.78, 5) is 30.9. The minimum absolute atomic E-state index is 0.0600. The zero-order valence-corrected chi connectivity index (χ0v) is 16.9.